The molecular formula is C17H29N3O2. The first-order valence-electron chi connectivity index (χ1n) is 8.05. The lowest BCUT2D eigenvalue weighted by atomic mass is 10.2. The Morgan fingerprint density at radius 1 is 1.14 bits per heavy atom. The molecule has 0 unspecified atom stereocenters. The molecule has 0 spiro atoms. The quantitative estimate of drug-likeness (QED) is 0.692. The van der Waals surface area contributed by atoms with Crippen LogP contribution in [0.1, 0.15) is 30.6 Å². The number of amides is 1. The summed E-state index contributed by atoms with van der Waals surface area (Å²) < 4.78 is 0. The van der Waals surface area contributed by atoms with Gasteiger partial charge in [0.2, 0.25) is 0 Å². The number of phenolic OH excluding ortho intramolecular Hbond substituents is 1. The summed E-state index contributed by atoms with van der Waals surface area (Å²) >= 11 is 0. The molecule has 0 atom stereocenters. The average Bonchev–Trinajstić information content (AvgIpc) is 2.52. The van der Waals surface area contributed by atoms with E-state index in [-0.39, 0.29) is 11.7 Å². The van der Waals surface area contributed by atoms with E-state index < -0.39 is 0 Å². The Bertz CT molecular complexity index is 451. The van der Waals surface area contributed by atoms with Gasteiger partial charge in [0.15, 0.2) is 0 Å². The lowest BCUT2D eigenvalue weighted by Gasteiger charge is -2.24. The zero-order valence-corrected chi connectivity index (χ0v) is 14.0. The standard InChI is InChI=1S/C17H29N3O2/c1-4-11-20(14-13-19(3)5-2)12-10-18-17(22)15-8-6-7-9-16(15)21/h6-9,21H,4-5,10-14H2,1-3H3,(H,18,22). The Morgan fingerprint density at radius 3 is 2.50 bits per heavy atom. The third-order valence-electron chi connectivity index (χ3n) is 3.74. The second-order valence-electron chi connectivity index (χ2n) is 5.51. The molecular weight excluding hydrogens is 278 g/mol. The molecule has 0 heterocycles. The van der Waals surface area contributed by atoms with Crippen molar-refractivity contribution < 1.29 is 9.90 Å². The highest BCUT2D eigenvalue weighted by atomic mass is 16.3. The van der Waals surface area contributed by atoms with Crippen molar-refractivity contribution in [3.63, 3.8) is 0 Å². The lowest BCUT2D eigenvalue weighted by Crippen LogP contribution is -2.39. The average molecular weight is 307 g/mol. The van der Waals surface area contributed by atoms with Crippen LogP contribution in [0.3, 0.4) is 0 Å². The van der Waals surface area contributed by atoms with Crippen LogP contribution in [0.25, 0.3) is 0 Å². The summed E-state index contributed by atoms with van der Waals surface area (Å²) in [5.41, 5.74) is 0.329. The molecule has 0 aliphatic heterocycles. The van der Waals surface area contributed by atoms with Gasteiger partial charge in [-0.05, 0) is 38.7 Å². The molecule has 1 rings (SSSR count). The van der Waals surface area contributed by atoms with Crippen molar-refractivity contribution >= 4 is 5.91 Å². The molecule has 22 heavy (non-hydrogen) atoms. The summed E-state index contributed by atoms with van der Waals surface area (Å²) in [4.78, 5) is 16.7. The van der Waals surface area contributed by atoms with Crippen LogP contribution in [0.5, 0.6) is 5.75 Å². The largest absolute Gasteiger partial charge is 0.507 e. The summed E-state index contributed by atoms with van der Waals surface area (Å²) in [6.45, 7) is 9.84. The first kappa shape index (κ1) is 18.5. The fourth-order valence-electron chi connectivity index (χ4n) is 2.21. The van der Waals surface area contributed by atoms with E-state index in [1.807, 2.05) is 0 Å². The van der Waals surface area contributed by atoms with E-state index >= 15 is 0 Å². The van der Waals surface area contributed by atoms with Gasteiger partial charge in [-0.2, -0.15) is 0 Å². The molecule has 0 saturated carbocycles. The van der Waals surface area contributed by atoms with E-state index in [2.05, 4.69) is 36.0 Å². The van der Waals surface area contributed by atoms with E-state index in [1.165, 1.54) is 6.07 Å². The summed E-state index contributed by atoms with van der Waals surface area (Å²) in [5.74, 6) is -0.199. The topological polar surface area (TPSA) is 55.8 Å². The van der Waals surface area contributed by atoms with Crippen LogP contribution < -0.4 is 5.32 Å². The highest BCUT2D eigenvalue weighted by Crippen LogP contribution is 2.14. The van der Waals surface area contributed by atoms with Crippen molar-refractivity contribution in [2.75, 3.05) is 46.3 Å². The van der Waals surface area contributed by atoms with Gasteiger partial charge >= 0.3 is 0 Å². The highest BCUT2D eigenvalue weighted by Gasteiger charge is 2.10. The first-order chi connectivity index (χ1) is 10.6. The molecule has 0 aliphatic carbocycles. The minimum Gasteiger partial charge on any atom is -0.507 e. The third-order valence-corrected chi connectivity index (χ3v) is 3.74. The Kier molecular flexibility index (Phi) is 8.55. The van der Waals surface area contributed by atoms with Crippen LogP contribution in [0.15, 0.2) is 24.3 Å². The molecule has 1 aromatic rings. The number of nitrogens with one attached hydrogen (secondary N) is 1. The lowest BCUT2D eigenvalue weighted by molar-refractivity contribution is 0.0945. The number of carbonyl (C=O) groups excluding carboxylic acids is 1. The normalized spacial score (nSPS) is 11.1. The second-order valence-corrected chi connectivity index (χ2v) is 5.51. The minimum absolute atomic E-state index is 0.0231. The van der Waals surface area contributed by atoms with Crippen LogP contribution >= 0.6 is 0 Å². The molecule has 1 amide bonds. The maximum Gasteiger partial charge on any atom is 0.255 e. The summed E-state index contributed by atoms with van der Waals surface area (Å²) in [6.07, 6.45) is 1.10. The molecule has 0 saturated heterocycles. The van der Waals surface area contributed by atoms with Gasteiger partial charge in [-0.25, -0.2) is 0 Å². The number of rotatable bonds is 10. The van der Waals surface area contributed by atoms with Crippen LogP contribution in [0.4, 0.5) is 0 Å². The molecule has 0 aliphatic rings. The molecule has 2 N–H and O–H groups in total. The van der Waals surface area contributed by atoms with Crippen LogP contribution in [-0.2, 0) is 0 Å². The Labute approximate surface area is 133 Å². The van der Waals surface area contributed by atoms with Gasteiger partial charge in [0, 0.05) is 26.2 Å². The number of hydrogen-bond donors (Lipinski definition) is 2. The fraction of sp³-hybridized carbons (Fsp3) is 0.588. The summed E-state index contributed by atoms with van der Waals surface area (Å²) in [5, 5.41) is 12.5. The predicted molar refractivity (Wildman–Crippen MR) is 90.3 cm³/mol. The number of likely N-dealkylation sites (N-methyl/N-ethyl adjacent to an activating group) is 1. The Morgan fingerprint density at radius 2 is 1.86 bits per heavy atom. The van der Waals surface area contributed by atoms with E-state index in [0.29, 0.717) is 12.1 Å². The van der Waals surface area contributed by atoms with E-state index in [9.17, 15) is 9.90 Å². The van der Waals surface area contributed by atoms with Gasteiger partial charge < -0.3 is 20.2 Å². The van der Waals surface area contributed by atoms with Crippen LogP contribution in [-0.4, -0.2) is 67.1 Å². The number of aromatic hydroxyl groups is 1. The van der Waals surface area contributed by atoms with Crippen molar-refractivity contribution in [2.45, 2.75) is 20.3 Å². The van der Waals surface area contributed by atoms with Crippen molar-refractivity contribution in [1.82, 2.24) is 15.1 Å². The highest BCUT2D eigenvalue weighted by molar-refractivity contribution is 5.96. The van der Waals surface area contributed by atoms with Gasteiger partial charge in [0.1, 0.15) is 5.75 Å². The number of phenols is 1. The van der Waals surface area contributed by atoms with Crippen molar-refractivity contribution in [3.8, 4) is 5.75 Å². The molecule has 0 radical (unpaired) electrons. The monoisotopic (exact) mass is 307 g/mol. The smallest absolute Gasteiger partial charge is 0.255 e. The molecule has 0 aromatic heterocycles. The summed E-state index contributed by atoms with van der Waals surface area (Å²) in [7, 11) is 2.12. The van der Waals surface area contributed by atoms with Crippen molar-refractivity contribution in [3.05, 3.63) is 29.8 Å². The maximum absolute atomic E-state index is 12.0. The molecule has 5 heteroatoms. The van der Waals surface area contributed by atoms with Gasteiger partial charge in [-0.1, -0.05) is 26.0 Å². The number of nitrogens with zero attached hydrogens (tertiary/aromatic N) is 2. The molecule has 0 bridgehead atoms. The molecule has 0 fully saturated rings. The third kappa shape index (κ3) is 6.45. The number of carbonyl (C=O) groups is 1. The summed E-state index contributed by atoms with van der Waals surface area (Å²) in [6, 6.07) is 6.61. The number of benzene rings is 1. The fourth-order valence-corrected chi connectivity index (χ4v) is 2.21. The minimum atomic E-state index is -0.222. The second kappa shape index (κ2) is 10.2. The zero-order chi connectivity index (χ0) is 16.4. The van der Waals surface area contributed by atoms with Crippen LogP contribution in [0.2, 0.25) is 0 Å². The van der Waals surface area contributed by atoms with Gasteiger partial charge in [0.25, 0.3) is 5.91 Å². The molecule has 124 valence electrons. The number of para-hydroxylation sites is 1. The predicted octanol–water partition coefficient (Wildman–Crippen LogP) is 1.79. The molecule has 5 nitrogen and oxygen atoms in total. The Hall–Kier alpha value is -1.59. The molecule has 1 aromatic carbocycles. The van der Waals surface area contributed by atoms with Crippen LogP contribution in [0, 0.1) is 0 Å². The van der Waals surface area contributed by atoms with E-state index in [4.69, 9.17) is 0 Å². The SMILES string of the molecule is CCCN(CCNC(=O)c1ccccc1O)CCN(C)CC. The van der Waals surface area contributed by atoms with E-state index in [0.717, 1.165) is 39.1 Å². The van der Waals surface area contributed by atoms with Gasteiger partial charge in [0.05, 0.1) is 5.56 Å². The van der Waals surface area contributed by atoms with Crippen molar-refractivity contribution in [1.29, 1.82) is 0 Å². The first-order valence-corrected chi connectivity index (χ1v) is 8.05. The van der Waals surface area contributed by atoms with Crippen molar-refractivity contribution in [2.24, 2.45) is 0 Å². The van der Waals surface area contributed by atoms with Gasteiger partial charge in [-0.15, -0.1) is 0 Å². The van der Waals surface area contributed by atoms with Gasteiger partial charge in [-0.3, -0.25) is 4.79 Å². The Balaban J connectivity index is 2.39. The number of hydrogen-bond acceptors (Lipinski definition) is 4. The zero-order valence-electron chi connectivity index (χ0n) is 14.0. The maximum atomic E-state index is 12.0. The van der Waals surface area contributed by atoms with E-state index in [1.54, 1.807) is 18.2 Å².